The number of aryl methyl sites for hydroxylation is 1. The average molecular weight is 611 g/mol. The van der Waals surface area contributed by atoms with Gasteiger partial charge in [0.2, 0.25) is 17.6 Å². The van der Waals surface area contributed by atoms with Gasteiger partial charge in [-0.1, -0.05) is 30.3 Å². The maximum Gasteiger partial charge on any atom is 0.340 e. The van der Waals surface area contributed by atoms with Crippen LogP contribution in [0.1, 0.15) is 42.4 Å². The molecule has 4 rings (SSSR count). The van der Waals surface area contributed by atoms with Gasteiger partial charge in [0.15, 0.2) is 11.3 Å². The van der Waals surface area contributed by atoms with Crippen LogP contribution in [0, 0.1) is 18.8 Å². The minimum atomic E-state index is -1.04. The number of methoxy groups -OCH3 is 2. The van der Waals surface area contributed by atoms with Gasteiger partial charge in [-0.2, -0.15) is 11.8 Å². The number of fused-ring (bicyclic) bond motifs is 1. The molecule has 1 aliphatic rings. The van der Waals surface area contributed by atoms with E-state index in [9.17, 15) is 24.3 Å². The normalized spacial score (nSPS) is 17.2. The fourth-order valence-electron chi connectivity index (χ4n) is 5.41. The molecule has 0 spiro atoms. The molecule has 2 amide bonds. The molecule has 43 heavy (non-hydrogen) atoms. The molecule has 2 aromatic carbocycles. The molecule has 1 heterocycles. The summed E-state index contributed by atoms with van der Waals surface area (Å²) in [7, 11) is 2.96. The highest BCUT2D eigenvalue weighted by atomic mass is 32.2. The number of carbonyl (C=O) groups excluding carboxylic acids is 2. The molecule has 1 aromatic heterocycles. The van der Waals surface area contributed by atoms with Crippen molar-refractivity contribution in [3.63, 3.8) is 0 Å². The molecule has 1 fully saturated rings. The zero-order valence-electron chi connectivity index (χ0n) is 24.6. The SMILES string of the molecule is COc1ccc2c(C)c(CC(=O)NCC3CCC(C(=O)N[C@H](CSCc4ccccc4)C(=O)O)CC3)c(=O)oc2c1OC. The topological polar surface area (TPSA) is 144 Å². The summed E-state index contributed by atoms with van der Waals surface area (Å²) in [6.45, 7) is 2.21. The van der Waals surface area contributed by atoms with Crippen molar-refractivity contribution in [2.75, 3.05) is 26.5 Å². The van der Waals surface area contributed by atoms with Gasteiger partial charge >= 0.3 is 11.6 Å². The van der Waals surface area contributed by atoms with Crippen molar-refractivity contribution < 1.29 is 33.4 Å². The van der Waals surface area contributed by atoms with Crippen LogP contribution in [0.15, 0.2) is 51.7 Å². The Labute approximate surface area is 254 Å². The first-order valence-corrected chi connectivity index (χ1v) is 15.5. The number of hydrogen-bond donors (Lipinski definition) is 3. The molecule has 0 unspecified atom stereocenters. The molecule has 0 radical (unpaired) electrons. The second-order valence-corrected chi connectivity index (χ2v) is 11.8. The van der Waals surface area contributed by atoms with E-state index in [4.69, 9.17) is 13.9 Å². The number of carboxylic acids is 1. The molecule has 1 aliphatic carbocycles. The Balaban J connectivity index is 1.24. The fraction of sp³-hybridized carbons (Fsp3) is 0.438. The highest BCUT2D eigenvalue weighted by Crippen LogP contribution is 2.36. The Morgan fingerprint density at radius 1 is 1.05 bits per heavy atom. The van der Waals surface area contributed by atoms with Crippen LogP contribution in [-0.2, 0) is 26.6 Å². The van der Waals surface area contributed by atoms with E-state index in [0.717, 1.165) is 18.4 Å². The first-order valence-electron chi connectivity index (χ1n) is 14.3. The highest BCUT2D eigenvalue weighted by molar-refractivity contribution is 7.98. The molecule has 3 aromatic rings. The summed E-state index contributed by atoms with van der Waals surface area (Å²) in [5, 5.41) is 15.9. The number of hydrogen-bond acceptors (Lipinski definition) is 8. The van der Waals surface area contributed by atoms with Crippen LogP contribution >= 0.6 is 11.8 Å². The van der Waals surface area contributed by atoms with E-state index in [1.54, 1.807) is 19.1 Å². The van der Waals surface area contributed by atoms with E-state index in [1.165, 1.54) is 26.0 Å². The van der Waals surface area contributed by atoms with Gasteiger partial charge in [0.1, 0.15) is 6.04 Å². The predicted molar refractivity (Wildman–Crippen MR) is 165 cm³/mol. The second kappa shape index (κ2) is 15.0. The van der Waals surface area contributed by atoms with Crippen LogP contribution in [0.3, 0.4) is 0 Å². The molecular weight excluding hydrogens is 572 g/mol. The average Bonchev–Trinajstić information content (AvgIpc) is 3.01. The van der Waals surface area contributed by atoms with Crippen LogP contribution in [0.5, 0.6) is 11.5 Å². The zero-order chi connectivity index (χ0) is 30.9. The summed E-state index contributed by atoms with van der Waals surface area (Å²) in [6.07, 6.45) is 2.59. The van der Waals surface area contributed by atoms with Gasteiger partial charge in [0, 0.05) is 29.4 Å². The molecule has 1 atom stereocenters. The fourth-order valence-corrected chi connectivity index (χ4v) is 6.42. The van der Waals surface area contributed by atoms with Gasteiger partial charge in [-0.05, 0) is 61.8 Å². The largest absolute Gasteiger partial charge is 0.493 e. The third-order valence-corrected chi connectivity index (χ3v) is 9.06. The molecule has 11 heteroatoms. The van der Waals surface area contributed by atoms with E-state index < -0.39 is 17.6 Å². The summed E-state index contributed by atoms with van der Waals surface area (Å²) in [5.74, 6) is 0.0932. The van der Waals surface area contributed by atoms with Crippen LogP contribution < -0.4 is 25.7 Å². The van der Waals surface area contributed by atoms with Crippen molar-refractivity contribution in [1.29, 1.82) is 0 Å². The van der Waals surface area contributed by atoms with Gasteiger partial charge < -0.3 is 29.6 Å². The van der Waals surface area contributed by atoms with Crippen LogP contribution in [0.2, 0.25) is 0 Å². The van der Waals surface area contributed by atoms with E-state index in [2.05, 4.69) is 10.6 Å². The Morgan fingerprint density at radius 2 is 1.77 bits per heavy atom. The number of benzene rings is 2. The number of carbonyl (C=O) groups is 3. The summed E-state index contributed by atoms with van der Waals surface area (Å²) >= 11 is 1.47. The number of nitrogens with one attached hydrogen (secondary N) is 2. The number of aliphatic carboxylic acids is 1. The first-order chi connectivity index (χ1) is 20.7. The zero-order valence-corrected chi connectivity index (χ0v) is 25.5. The third kappa shape index (κ3) is 8.10. The lowest BCUT2D eigenvalue weighted by molar-refractivity contribution is -0.142. The lowest BCUT2D eigenvalue weighted by Gasteiger charge is -2.28. The van der Waals surface area contributed by atoms with E-state index in [-0.39, 0.29) is 47.0 Å². The van der Waals surface area contributed by atoms with Gasteiger partial charge in [-0.15, -0.1) is 0 Å². The molecule has 1 saturated carbocycles. The summed E-state index contributed by atoms with van der Waals surface area (Å²) < 4.78 is 16.2. The van der Waals surface area contributed by atoms with Crippen LogP contribution in [0.25, 0.3) is 11.0 Å². The third-order valence-electron chi connectivity index (χ3n) is 7.95. The van der Waals surface area contributed by atoms with E-state index in [0.29, 0.717) is 47.6 Å². The Morgan fingerprint density at radius 3 is 2.42 bits per heavy atom. The summed E-state index contributed by atoms with van der Waals surface area (Å²) in [5.41, 5.74) is 1.71. The highest BCUT2D eigenvalue weighted by Gasteiger charge is 2.30. The summed E-state index contributed by atoms with van der Waals surface area (Å²) in [4.78, 5) is 50.2. The van der Waals surface area contributed by atoms with Crippen molar-refractivity contribution in [2.24, 2.45) is 11.8 Å². The quantitative estimate of drug-likeness (QED) is 0.244. The smallest absolute Gasteiger partial charge is 0.340 e. The Kier molecular flexibility index (Phi) is 11.1. The predicted octanol–water partition coefficient (Wildman–Crippen LogP) is 4.09. The minimum Gasteiger partial charge on any atom is -0.493 e. The Hall–Kier alpha value is -3.99. The minimum absolute atomic E-state index is 0.116. The van der Waals surface area contributed by atoms with Crippen molar-refractivity contribution in [1.82, 2.24) is 10.6 Å². The van der Waals surface area contributed by atoms with Gasteiger partial charge in [0.05, 0.1) is 26.2 Å². The van der Waals surface area contributed by atoms with Crippen molar-refractivity contribution in [2.45, 2.75) is 50.8 Å². The molecule has 3 N–H and O–H groups in total. The van der Waals surface area contributed by atoms with Gasteiger partial charge in [0.25, 0.3) is 0 Å². The van der Waals surface area contributed by atoms with Crippen molar-refractivity contribution in [3.8, 4) is 11.5 Å². The number of carboxylic acid groups (broad SMARTS) is 1. The standard InChI is InChI=1S/C32H38N2O8S/c1-19-23-13-14-26(40-2)29(41-3)28(23)42-32(39)24(19)15-27(35)33-16-20-9-11-22(12-10-20)30(36)34-25(31(37)38)18-43-17-21-7-5-4-6-8-21/h4-8,13-14,20,22,25H,9-12,15-18H2,1-3H3,(H,33,35)(H,34,36)(H,37,38)/t20?,22?,25-/m1/s1. The van der Waals surface area contributed by atoms with E-state index in [1.807, 2.05) is 30.3 Å². The van der Waals surface area contributed by atoms with Crippen molar-refractivity contribution >= 4 is 40.5 Å². The molecule has 0 saturated heterocycles. The molecule has 0 bridgehead atoms. The number of ether oxygens (including phenoxy) is 2. The van der Waals surface area contributed by atoms with Gasteiger partial charge in [-0.3, -0.25) is 9.59 Å². The number of rotatable bonds is 13. The Bertz CT molecular complexity index is 1500. The monoisotopic (exact) mass is 610 g/mol. The molecular formula is C32H38N2O8S. The lowest BCUT2D eigenvalue weighted by atomic mass is 9.81. The van der Waals surface area contributed by atoms with Crippen molar-refractivity contribution in [3.05, 3.63) is 69.6 Å². The molecule has 230 valence electrons. The maximum absolute atomic E-state index is 12.8. The number of thioether (sulfide) groups is 1. The first kappa shape index (κ1) is 31.9. The van der Waals surface area contributed by atoms with Gasteiger partial charge in [-0.25, -0.2) is 9.59 Å². The molecule has 0 aliphatic heterocycles. The van der Waals surface area contributed by atoms with Crippen LogP contribution in [0.4, 0.5) is 0 Å². The lowest BCUT2D eigenvalue weighted by Crippen LogP contribution is -2.46. The molecule has 10 nitrogen and oxygen atoms in total. The summed E-state index contributed by atoms with van der Waals surface area (Å²) in [6, 6.07) is 12.3. The van der Waals surface area contributed by atoms with Crippen LogP contribution in [-0.4, -0.2) is 55.4 Å². The second-order valence-electron chi connectivity index (χ2n) is 10.8. The maximum atomic E-state index is 12.8. The number of amides is 2. The van der Waals surface area contributed by atoms with E-state index >= 15 is 0 Å².